The number of carbonyl (C=O) groups is 1. The van der Waals surface area contributed by atoms with E-state index in [1.807, 2.05) is 0 Å². The summed E-state index contributed by atoms with van der Waals surface area (Å²) >= 11 is 0. The first-order valence-corrected chi connectivity index (χ1v) is 4.46. The summed E-state index contributed by atoms with van der Waals surface area (Å²) in [5.41, 5.74) is 10.9. The van der Waals surface area contributed by atoms with Crippen LogP contribution in [0, 0.1) is 0 Å². The number of nitrogens with two attached hydrogens (primary N) is 2. The highest BCUT2D eigenvalue weighted by Crippen LogP contribution is 2.10. The molecule has 1 aromatic carbocycles. The Bertz CT molecular complexity index is 342. The largest absolute Gasteiger partial charge is 0.492 e. The van der Waals surface area contributed by atoms with Gasteiger partial charge in [0.15, 0.2) is 5.96 Å². The van der Waals surface area contributed by atoms with Crippen LogP contribution < -0.4 is 16.2 Å². The molecule has 0 amide bonds. The fourth-order valence-electron chi connectivity index (χ4n) is 0.981. The van der Waals surface area contributed by atoms with Crippen molar-refractivity contribution in [3.8, 4) is 5.75 Å². The van der Waals surface area contributed by atoms with Crippen LogP contribution in [0.1, 0.15) is 10.4 Å². The van der Waals surface area contributed by atoms with Gasteiger partial charge in [0.25, 0.3) is 0 Å². The number of ether oxygens (including phenoxy) is 1. The highest BCUT2D eigenvalue weighted by molar-refractivity contribution is 5.75. The Morgan fingerprint density at radius 1 is 1.33 bits per heavy atom. The Kier molecular flexibility index (Phi) is 4.15. The minimum absolute atomic E-state index is 0.0508. The van der Waals surface area contributed by atoms with Gasteiger partial charge in [-0.05, 0) is 24.3 Å². The third kappa shape index (κ3) is 4.12. The molecule has 0 atom stereocenters. The highest BCUT2D eigenvalue weighted by Gasteiger charge is 1.93. The van der Waals surface area contributed by atoms with Crippen LogP contribution in [0.4, 0.5) is 0 Å². The monoisotopic (exact) mass is 207 g/mol. The van der Waals surface area contributed by atoms with E-state index < -0.39 is 0 Å². The van der Waals surface area contributed by atoms with E-state index in [2.05, 4.69) is 4.99 Å². The van der Waals surface area contributed by atoms with Crippen LogP contribution in [0.3, 0.4) is 0 Å². The lowest BCUT2D eigenvalue weighted by atomic mass is 10.2. The average Bonchev–Trinajstić information content (AvgIpc) is 2.25. The molecule has 5 nitrogen and oxygen atoms in total. The number of rotatable bonds is 5. The summed E-state index contributed by atoms with van der Waals surface area (Å²) in [6.45, 7) is 0.816. The van der Waals surface area contributed by atoms with Gasteiger partial charge >= 0.3 is 0 Å². The fourth-order valence-corrected chi connectivity index (χ4v) is 0.981. The molecule has 0 spiro atoms. The van der Waals surface area contributed by atoms with Crippen molar-refractivity contribution in [1.29, 1.82) is 0 Å². The van der Waals surface area contributed by atoms with E-state index in [4.69, 9.17) is 16.2 Å². The molecule has 0 saturated carbocycles. The molecule has 1 rings (SSSR count). The van der Waals surface area contributed by atoms with Gasteiger partial charge in [-0.3, -0.25) is 9.79 Å². The van der Waals surface area contributed by atoms with E-state index in [0.29, 0.717) is 24.5 Å². The van der Waals surface area contributed by atoms with Crippen LogP contribution in [-0.2, 0) is 0 Å². The van der Waals surface area contributed by atoms with Crippen molar-refractivity contribution in [2.75, 3.05) is 13.2 Å². The lowest BCUT2D eigenvalue weighted by Crippen LogP contribution is -2.23. The molecule has 0 aromatic heterocycles. The smallest absolute Gasteiger partial charge is 0.186 e. The molecule has 0 aliphatic carbocycles. The minimum Gasteiger partial charge on any atom is -0.492 e. The summed E-state index contributed by atoms with van der Waals surface area (Å²) in [7, 11) is 0. The first-order chi connectivity index (χ1) is 7.22. The van der Waals surface area contributed by atoms with Gasteiger partial charge < -0.3 is 16.2 Å². The molecular formula is C10H13N3O2. The summed E-state index contributed by atoms with van der Waals surface area (Å²) in [6, 6.07) is 6.81. The molecule has 4 N–H and O–H groups in total. The number of hydrogen-bond acceptors (Lipinski definition) is 3. The van der Waals surface area contributed by atoms with Gasteiger partial charge in [-0.2, -0.15) is 0 Å². The third-order valence-corrected chi connectivity index (χ3v) is 1.67. The Labute approximate surface area is 87.7 Å². The first-order valence-electron chi connectivity index (χ1n) is 4.46. The molecule has 0 aliphatic heterocycles. The molecule has 15 heavy (non-hydrogen) atoms. The molecule has 5 heteroatoms. The molecule has 0 aliphatic rings. The SMILES string of the molecule is NC(N)=NCCOc1ccc(C=O)cc1. The molecule has 0 saturated heterocycles. The van der Waals surface area contributed by atoms with Gasteiger partial charge in [0.2, 0.25) is 0 Å². The predicted octanol–water partition coefficient (Wildman–Crippen LogP) is 0.151. The van der Waals surface area contributed by atoms with Gasteiger partial charge in [0.1, 0.15) is 18.6 Å². The Morgan fingerprint density at radius 2 is 2.00 bits per heavy atom. The van der Waals surface area contributed by atoms with E-state index in [0.717, 1.165) is 6.29 Å². The molecule has 0 bridgehead atoms. The molecule has 80 valence electrons. The van der Waals surface area contributed by atoms with Crippen LogP contribution in [0.25, 0.3) is 0 Å². The maximum absolute atomic E-state index is 10.4. The zero-order valence-corrected chi connectivity index (χ0v) is 8.22. The van der Waals surface area contributed by atoms with E-state index in [1.165, 1.54) is 0 Å². The Balaban J connectivity index is 2.38. The molecule has 0 unspecified atom stereocenters. The standard InChI is InChI=1S/C10H13N3O2/c11-10(12)13-5-6-15-9-3-1-8(7-14)2-4-9/h1-4,7H,5-6H2,(H4,11,12,13). The molecule has 0 heterocycles. The van der Waals surface area contributed by atoms with E-state index in [9.17, 15) is 4.79 Å². The van der Waals surface area contributed by atoms with Crippen molar-refractivity contribution in [2.24, 2.45) is 16.5 Å². The van der Waals surface area contributed by atoms with Crippen LogP contribution in [-0.4, -0.2) is 25.4 Å². The van der Waals surface area contributed by atoms with Crippen molar-refractivity contribution in [1.82, 2.24) is 0 Å². The quantitative estimate of drug-likeness (QED) is 0.311. The summed E-state index contributed by atoms with van der Waals surface area (Å²) in [5.74, 6) is 0.737. The number of aldehydes is 1. The molecule has 0 radical (unpaired) electrons. The number of aliphatic imine (C=N–C) groups is 1. The normalized spacial score (nSPS) is 9.33. The van der Waals surface area contributed by atoms with Gasteiger partial charge in [-0.1, -0.05) is 0 Å². The molecular weight excluding hydrogens is 194 g/mol. The van der Waals surface area contributed by atoms with E-state index in [1.54, 1.807) is 24.3 Å². The van der Waals surface area contributed by atoms with Gasteiger partial charge in [-0.25, -0.2) is 0 Å². The molecule has 1 aromatic rings. The van der Waals surface area contributed by atoms with Crippen molar-refractivity contribution in [3.63, 3.8) is 0 Å². The number of benzene rings is 1. The number of carbonyl (C=O) groups excluding carboxylic acids is 1. The zero-order valence-electron chi connectivity index (χ0n) is 8.22. The second-order valence-electron chi connectivity index (χ2n) is 2.84. The number of nitrogens with zero attached hydrogens (tertiary/aromatic N) is 1. The van der Waals surface area contributed by atoms with Crippen molar-refractivity contribution in [2.45, 2.75) is 0 Å². The van der Waals surface area contributed by atoms with Crippen LogP contribution in [0.5, 0.6) is 5.75 Å². The summed E-state index contributed by atoms with van der Waals surface area (Å²) in [4.78, 5) is 14.1. The maximum atomic E-state index is 10.4. The second kappa shape index (κ2) is 5.64. The maximum Gasteiger partial charge on any atom is 0.186 e. The van der Waals surface area contributed by atoms with Crippen molar-refractivity contribution < 1.29 is 9.53 Å². The number of guanidine groups is 1. The fraction of sp³-hybridized carbons (Fsp3) is 0.200. The van der Waals surface area contributed by atoms with Crippen LogP contribution >= 0.6 is 0 Å². The van der Waals surface area contributed by atoms with Gasteiger partial charge in [0.05, 0.1) is 6.54 Å². The zero-order chi connectivity index (χ0) is 11.1. The third-order valence-electron chi connectivity index (χ3n) is 1.67. The first kappa shape index (κ1) is 11.0. The summed E-state index contributed by atoms with van der Waals surface area (Å²) in [6.07, 6.45) is 0.781. The molecule has 0 fully saturated rings. The highest BCUT2D eigenvalue weighted by atomic mass is 16.5. The summed E-state index contributed by atoms with van der Waals surface area (Å²) in [5, 5.41) is 0. The van der Waals surface area contributed by atoms with Crippen molar-refractivity contribution in [3.05, 3.63) is 29.8 Å². The van der Waals surface area contributed by atoms with E-state index >= 15 is 0 Å². The summed E-state index contributed by atoms with van der Waals surface area (Å²) < 4.78 is 5.32. The predicted molar refractivity (Wildman–Crippen MR) is 58.0 cm³/mol. The minimum atomic E-state index is 0.0508. The Hall–Kier alpha value is -2.04. The van der Waals surface area contributed by atoms with Crippen LogP contribution in [0.2, 0.25) is 0 Å². The van der Waals surface area contributed by atoms with Crippen molar-refractivity contribution >= 4 is 12.2 Å². The lowest BCUT2D eigenvalue weighted by molar-refractivity contribution is 0.112. The van der Waals surface area contributed by atoms with Gasteiger partial charge in [-0.15, -0.1) is 0 Å². The topological polar surface area (TPSA) is 90.7 Å². The van der Waals surface area contributed by atoms with Gasteiger partial charge in [0, 0.05) is 5.56 Å². The Morgan fingerprint density at radius 3 is 2.53 bits per heavy atom. The second-order valence-corrected chi connectivity index (χ2v) is 2.84. The number of hydrogen-bond donors (Lipinski definition) is 2. The lowest BCUT2D eigenvalue weighted by Gasteiger charge is -2.03. The van der Waals surface area contributed by atoms with E-state index in [-0.39, 0.29) is 5.96 Å². The van der Waals surface area contributed by atoms with Crippen LogP contribution in [0.15, 0.2) is 29.3 Å². The average molecular weight is 207 g/mol.